The number of rotatable bonds is 6. The number of anilines is 1. The first kappa shape index (κ1) is 12.9. The van der Waals surface area contributed by atoms with Crippen molar-refractivity contribution < 1.29 is 13.5 Å². The van der Waals surface area contributed by atoms with Crippen LogP contribution in [0.3, 0.4) is 0 Å². The fraction of sp³-hybridized carbons (Fsp3) is 0.500. The van der Waals surface area contributed by atoms with Crippen molar-refractivity contribution in [3.05, 3.63) is 29.8 Å². The molecule has 1 rings (SSSR count). The van der Waals surface area contributed by atoms with Gasteiger partial charge in [-0.2, -0.15) is 0 Å². The molecule has 0 amide bonds. The number of hydrogen-bond donors (Lipinski definition) is 1. The molecule has 0 saturated carbocycles. The highest BCUT2D eigenvalue weighted by Gasteiger charge is 2.14. The summed E-state index contributed by atoms with van der Waals surface area (Å²) in [6.07, 6.45) is -1.65. The minimum absolute atomic E-state index is 0.585. The summed E-state index contributed by atoms with van der Waals surface area (Å²) in [4.78, 5) is 0. The number of methoxy groups -OCH3 is 1. The molecule has 1 atom stereocenters. The Hall–Kier alpha value is -1.16. The molecule has 1 aromatic rings. The SMILES string of the molecule is COCCc1ccccc1NC(C)C(F)F. The van der Waals surface area contributed by atoms with E-state index in [1.54, 1.807) is 7.11 Å². The zero-order valence-corrected chi connectivity index (χ0v) is 9.54. The Balaban J connectivity index is 2.70. The van der Waals surface area contributed by atoms with Crippen molar-refractivity contribution in [3.63, 3.8) is 0 Å². The van der Waals surface area contributed by atoms with Crippen molar-refractivity contribution in [1.82, 2.24) is 0 Å². The Morgan fingerprint density at radius 1 is 1.31 bits per heavy atom. The third-order valence-electron chi connectivity index (χ3n) is 2.35. The van der Waals surface area contributed by atoms with Crippen LogP contribution in [0.25, 0.3) is 0 Å². The summed E-state index contributed by atoms with van der Waals surface area (Å²) in [7, 11) is 1.62. The third kappa shape index (κ3) is 3.77. The molecule has 0 aliphatic heterocycles. The van der Waals surface area contributed by atoms with Crippen molar-refractivity contribution in [1.29, 1.82) is 0 Å². The molecule has 0 saturated heterocycles. The lowest BCUT2D eigenvalue weighted by Crippen LogP contribution is -2.24. The van der Waals surface area contributed by atoms with E-state index in [1.807, 2.05) is 24.3 Å². The van der Waals surface area contributed by atoms with E-state index in [0.29, 0.717) is 6.61 Å². The summed E-state index contributed by atoms with van der Waals surface area (Å²) >= 11 is 0. The van der Waals surface area contributed by atoms with E-state index in [9.17, 15) is 8.78 Å². The van der Waals surface area contributed by atoms with E-state index in [0.717, 1.165) is 17.7 Å². The normalized spacial score (nSPS) is 12.8. The molecule has 2 nitrogen and oxygen atoms in total. The average molecular weight is 229 g/mol. The highest BCUT2D eigenvalue weighted by Crippen LogP contribution is 2.18. The van der Waals surface area contributed by atoms with Crippen LogP contribution >= 0.6 is 0 Å². The van der Waals surface area contributed by atoms with Gasteiger partial charge < -0.3 is 10.1 Å². The zero-order valence-electron chi connectivity index (χ0n) is 9.54. The standard InChI is InChI=1S/C12H17F2NO/c1-9(12(13)14)15-11-6-4-3-5-10(11)7-8-16-2/h3-6,9,12,15H,7-8H2,1-2H3. The molecule has 0 aliphatic carbocycles. The summed E-state index contributed by atoms with van der Waals surface area (Å²) in [5, 5.41) is 2.81. The zero-order chi connectivity index (χ0) is 12.0. The molecule has 0 heterocycles. The minimum Gasteiger partial charge on any atom is -0.384 e. The molecule has 0 spiro atoms. The Morgan fingerprint density at radius 2 is 2.00 bits per heavy atom. The number of halogens is 2. The van der Waals surface area contributed by atoms with Crippen LogP contribution < -0.4 is 5.32 Å². The van der Waals surface area contributed by atoms with Crippen molar-refractivity contribution in [2.75, 3.05) is 19.0 Å². The molecule has 90 valence electrons. The van der Waals surface area contributed by atoms with Gasteiger partial charge in [-0.25, -0.2) is 8.78 Å². The Bertz CT molecular complexity index is 318. The number of nitrogens with one attached hydrogen (secondary N) is 1. The van der Waals surface area contributed by atoms with Crippen LogP contribution in [0.4, 0.5) is 14.5 Å². The molecule has 1 N–H and O–H groups in total. The van der Waals surface area contributed by atoms with Crippen LogP contribution in [0.15, 0.2) is 24.3 Å². The Kier molecular flexibility index (Phi) is 5.19. The summed E-state index contributed by atoms with van der Waals surface area (Å²) < 4.78 is 29.8. The number of alkyl halides is 2. The quantitative estimate of drug-likeness (QED) is 0.809. The first-order valence-electron chi connectivity index (χ1n) is 5.26. The van der Waals surface area contributed by atoms with Gasteiger partial charge in [0.2, 0.25) is 0 Å². The smallest absolute Gasteiger partial charge is 0.258 e. The number of benzene rings is 1. The number of ether oxygens (including phenoxy) is 1. The molecule has 0 radical (unpaired) electrons. The van der Waals surface area contributed by atoms with Crippen LogP contribution in [0.5, 0.6) is 0 Å². The molecular formula is C12H17F2NO. The van der Waals surface area contributed by atoms with E-state index >= 15 is 0 Å². The van der Waals surface area contributed by atoms with Gasteiger partial charge in [0, 0.05) is 12.8 Å². The van der Waals surface area contributed by atoms with E-state index in [1.165, 1.54) is 6.92 Å². The third-order valence-corrected chi connectivity index (χ3v) is 2.35. The van der Waals surface area contributed by atoms with Crippen LogP contribution in [0.1, 0.15) is 12.5 Å². The summed E-state index contributed by atoms with van der Waals surface area (Å²) in [6, 6.07) is 6.60. The van der Waals surface area contributed by atoms with Crippen molar-refractivity contribution in [2.45, 2.75) is 25.8 Å². The van der Waals surface area contributed by atoms with Gasteiger partial charge in [-0.1, -0.05) is 18.2 Å². The number of hydrogen-bond acceptors (Lipinski definition) is 2. The summed E-state index contributed by atoms with van der Waals surface area (Å²) in [6.45, 7) is 2.06. The van der Waals surface area contributed by atoms with Gasteiger partial charge in [-0.05, 0) is 25.0 Å². The summed E-state index contributed by atoms with van der Waals surface area (Å²) in [5.41, 5.74) is 1.75. The lowest BCUT2D eigenvalue weighted by molar-refractivity contribution is 0.130. The molecule has 0 fully saturated rings. The highest BCUT2D eigenvalue weighted by molar-refractivity contribution is 5.51. The van der Waals surface area contributed by atoms with Crippen LogP contribution in [0.2, 0.25) is 0 Å². The van der Waals surface area contributed by atoms with Gasteiger partial charge in [0.15, 0.2) is 0 Å². The van der Waals surface area contributed by atoms with Gasteiger partial charge in [0.25, 0.3) is 6.43 Å². The molecule has 0 aliphatic rings. The second kappa shape index (κ2) is 6.43. The monoisotopic (exact) mass is 229 g/mol. The second-order valence-electron chi connectivity index (χ2n) is 3.67. The van der Waals surface area contributed by atoms with E-state index in [4.69, 9.17) is 4.74 Å². The lowest BCUT2D eigenvalue weighted by Gasteiger charge is -2.17. The maximum absolute atomic E-state index is 12.4. The van der Waals surface area contributed by atoms with E-state index in [-0.39, 0.29) is 0 Å². The fourth-order valence-corrected chi connectivity index (χ4v) is 1.40. The van der Waals surface area contributed by atoms with Crippen molar-refractivity contribution >= 4 is 5.69 Å². The molecule has 0 bridgehead atoms. The predicted molar refractivity (Wildman–Crippen MR) is 61.1 cm³/mol. The van der Waals surface area contributed by atoms with Crippen molar-refractivity contribution in [2.24, 2.45) is 0 Å². The first-order valence-corrected chi connectivity index (χ1v) is 5.26. The van der Waals surface area contributed by atoms with Gasteiger partial charge >= 0.3 is 0 Å². The minimum atomic E-state index is -2.37. The highest BCUT2D eigenvalue weighted by atomic mass is 19.3. The molecule has 0 aromatic heterocycles. The van der Waals surface area contributed by atoms with E-state index in [2.05, 4.69) is 5.32 Å². The second-order valence-corrected chi connectivity index (χ2v) is 3.67. The maximum atomic E-state index is 12.4. The molecule has 1 unspecified atom stereocenters. The van der Waals surface area contributed by atoms with E-state index < -0.39 is 12.5 Å². The van der Waals surface area contributed by atoms with Crippen LogP contribution in [-0.2, 0) is 11.2 Å². The molecule has 4 heteroatoms. The Labute approximate surface area is 94.6 Å². The largest absolute Gasteiger partial charge is 0.384 e. The topological polar surface area (TPSA) is 21.3 Å². The first-order chi connectivity index (χ1) is 7.65. The average Bonchev–Trinajstić information content (AvgIpc) is 2.27. The predicted octanol–water partition coefficient (Wildman–Crippen LogP) is 2.94. The van der Waals surface area contributed by atoms with Gasteiger partial charge in [-0.3, -0.25) is 0 Å². The summed E-state index contributed by atoms with van der Waals surface area (Å²) in [5.74, 6) is 0. The fourth-order valence-electron chi connectivity index (χ4n) is 1.40. The maximum Gasteiger partial charge on any atom is 0.258 e. The molecule has 16 heavy (non-hydrogen) atoms. The van der Waals surface area contributed by atoms with Gasteiger partial charge in [0.1, 0.15) is 0 Å². The van der Waals surface area contributed by atoms with Crippen molar-refractivity contribution in [3.8, 4) is 0 Å². The molecule has 1 aromatic carbocycles. The lowest BCUT2D eigenvalue weighted by atomic mass is 10.1. The number of para-hydroxylation sites is 1. The van der Waals surface area contributed by atoms with Crippen LogP contribution in [0, 0.1) is 0 Å². The van der Waals surface area contributed by atoms with Gasteiger partial charge in [0.05, 0.1) is 12.6 Å². The Morgan fingerprint density at radius 3 is 2.62 bits per heavy atom. The van der Waals surface area contributed by atoms with Crippen LogP contribution in [-0.4, -0.2) is 26.2 Å². The van der Waals surface area contributed by atoms with Gasteiger partial charge in [-0.15, -0.1) is 0 Å². The molecular weight excluding hydrogens is 212 g/mol.